The first-order chi connectivity index (χ1) is 9.99. The van der Waals surface area contributed by atoms with Crippen LogP contribution in [0.25, 0.3) is 0 Å². The van der Waals surface area contributed by atoms with E-state index in [0.29, 0.717) is 17.3 Å². The molecule has 116 valence electrons. The first-order valence-electron chi connectivity index (χ1n) is 7.17. The second kappa shape index (κ2) is 8.64. The van der Waals surface area contributed by atoms with Gasteiger partial charge in [0.15, 0.2) is 0 Å². The molecule has 0 aromatic heterocycles. The van der Waals surface area contributed by atoms with Crippen molar-refractivity contribution in [2.75, 3.05) is 31.5 Å². The van der Waals surface area contributed by atoms with Crippen molar-refractivity contribution >= 4 is 29.1 Å². The Labute approximate surface area is 130 Å². The van der Waals surface area contributed by atoms with E-state index in [-0.39, 0.29) is 0 Å². The maximum atomic E-state index is 11.8. The topological polar surface area (TPSA) is 62.6 Å². The molecule has 1 rings (SSSR count). The Bertz CT molecular complexity index is 502. The zero-order chi connectivity index (χ0) is 15.8. The number of carbonyl (C=O) groups is 2. The Morgan fingerprint density at radius 2 is 1.86 bits per heavy atom. The first-order valence-corrected chi connectivity index (χ1v) is 7.55. The molecule has 0 heterocycles. The normalized spacial score (nSPS) is 10.5. The molecule has 0 unspecified atom stereocenters. The zero-order valence-corrected chi connectivity index (χ0v) is 13.5. The number of amides is 2. The number of nitrogens with one attached hydrogen (secondary N) is 3. The molecule has 3 N–H and O–H groups in total. The molecule has 0 aliphatic carbocycles. The molecule has 0 spiro atoms. The number of halogens is 1. The van der Waals surface area contributed by atoms with Gasteiger partial charge in [0.2, 0.25) is 0 Å². The zero-order valence-electron chi connectivity index (χ0n) is 12.8. The number of likely N-dealkylation sites (N-methyl/N-ethyl adjacent to an activating group) is 1. The van der Waals surface area contributed by atoms with Crippen molar-refractivity contribution in [3.05, 3.63) is 28.8 Å². The van der Waals surface area contributed by atoms with Gasteiger partial charge in [-0.05, 0) is 38.5 Å². The first kappa shape index (κ1) is 17.5. The Hall–Kier alpha value is -1.59. The van der Waals surface area contributed by atoms with Gasteiger partial charge in [0.05, 0.1) is 26.2 Å². The van der Waals surface area contributed by atoms with Gasteiger partial charge >= 0.3 is 11.8 Å². The van der Waals surface area contributed by atoms with Crippen LogP contribution in [0, 0.1) is 6.92 Å². The molecule has 1 aromatic rings. The molecular formula is C15H23ClN3O2+. The van der Waals surface area contributed by atoms with Crippen molar-refractivity contribution in [3.8, 4) is 0 Å². The summed E-state index contributed by atoms with van der Waals surface area (Å²) in [6.07, 6.45) is 0. The quantitative estimate of drug-likeness (QED) is 0.675. The van der Waals surface area contributed by atoms with Crippen molar-refractivity contribution < 1.29 is 14.5 Å². The number of benzene rings is 1. The minimum Gasteiger partial charge on any atom is -0.342 e. The van der Waals surface area contributed by atoms with E-state index in [2.05, 4.69) is 24.5 Å². The third kappa shape index (κ3) is 5.36. The number of anilines is 1. The monoisotopic (exact) mass is 312 g/mol. The average molecular weight is 313 g/mol. The Balaban J connectivity index is 2.48. The summed E-state index contributed by atoms with van der Waals surface area (Å²) in [5, 5.41) is 5.76. The molecular weight excluding hydrogens is 290 g/mol. The van der Waals surface area contributed by atoms with Crippen LogP contribution in [0.3, 0.4) is 0 Å². The van der Waals surface area contributed by atoms with Crippen LogP contribution in [0.15, 0.2) is 18.2 Å². The molecule has 0 atom stereocenters. The van der Waals surface area contributed by atoms with Gasteiger partial charge in [-0.1, -0.05) is 17.7 Å². The fraction of sp³-hybridized carbons (Fsp3) is 0.467. The highest BCUT2D eigenvalue weighted by molar-refractivity contribution is 6.40. The fourth-order valence-electron chi connectivity index (χ4n) is 1.96. The van der Waals surface area contributed by atoms with Gasteiger partial charge in [0.1, 0.15) is 0 Å². The third-order valence-electron chi connectivity index (χ3n) is 3.49. The highest BCUT2D eigenvalue weighted by Crippen LogP contribution is 2.22. The van der Waals surface area contributed by atoms with Crippen LogP contribution in [0.5, 0.6) is 0 Å². The minimum absolute atomic E-state index is 0.484. The van der Waals surface area contributed by atoms with E-state index in [9.17, 15) is 9.59 Å². The Morgan fingerprint density at radius 3 is 2.48 bits per heavy atom. The van der Waals surface area contributed by atoms with E-state index >= 15 is 0 Å². The Morgan fingerprint density at radius 1 is 1.19 bits per heavy atom. The summed E-state index contributed by atoms with van der Waals surface area (Å²) in [7, 11) is 0. The summed E-state index contributed by atoms with van der Waals surface area (Å²) < 4.78 is 0. The molecule has 1 aromatic carbocycles. The molecule has 0 fully saturated rings. The van der Waals surface area contributed by atoms with E-state index in [4.69, 9.17) is 11.6 Å². The number of hydrogen-bond acceptors (Lipinski definition) is 2. The lowest BCUT2D eigenvalue weighted by Crippen LogP contribution is -3.12. The van der Waals surface area contributed by atoms with Gasteiger partial charge in [0.25, 0.3) is 0 Å². The summed E-state index contributed by atoms with van der Waals surface area (Å²) >= 11 is 5.97. The smallest absolute Gasteiger partial charge is 0.313 e. The summed E-state index contributed by atoms with van der Waals surface area (Å²) in [5.41, 5.74) is 1.30. The van der Waals surface area contributed by atoms with E-state index in [1.54, 1.807) is 25.1 Å². The second-order valence-electron chi connectivity index (χ2n) is 4.83. The van der Waals surface area contributed by atoms with E-state index in [1.165, 1.54) is 4.90 Å². The lowest BCUT2D eigenvalue weighted by atomic mass is 10.2. The molecule has 5 nitrogen and oxygen atoms in total. The lowest BCUT2D eigenvalue weighted by Gasteiger charge is -2.15. The maximum Gasteiger partial charge on any atom is 0.313 e. The fourth-order valence-corrected chi connectivity index (χ4v) is 2.13. The molecule has 0 bridgehead atoms. The standard InChI is InChI=1S/C15H22ClN3O2/c1-4-19(5-2)10-9-17-14(20)15(21)18-13-8-6-7-12(16)11(13)3/h6-8H,4-5,9-10H2,1-3H3,(H,17,20)(H,18,21)/p+1. The number of rotatable bonds is 6. The summed E-state index contributed by atoms with van der Waals surface area (Å²) in [4.78, 5) is 24.9. The third-order valence-corrected chi connectivity index (χ3v) is 3.90. The van der Waals surface area contributed by atoms with E-state index in [0.717, 1.165) is 25.2 Å². The van der Waals surface area contributed by atoms with Crippen LogP contribution in [-0.4, -0.2) is 38.0 Å². The van der Waals surface area contributed by atoms with Crippen LogP contribution in [0.1, 0.15) is 19.4 Å². The van der Waals surface area contributed by atoms with Crippen LogP contribution >= 0.6 is 11.6 Å². The summed E-state index contributed by atoms with van der Waals surface area (Å²) in [6.45, 7) is 9.27. The van der Waals surface area contributed by atoms with E-state index in [1.807, 2.05) is 0 Å². The number of quaternary nitrogens is 1. The van der Waals surface area contributed by atoms with Crippen molar-refractivity contribution in [3.63, 3.8) is 0 Å². The van der Waals surface area contributed by atoms with Crippen LogP contribution in [0.4, 0.5) is 5.69 Å². The molecule has 0 saturated heterocycles. The van der Waals surface area contributed by atoms with Gasteiger partial charge in [-0.3, -0.25) is 9.59 Å². The van der Waals surface area contributed by atoms with E-state index < -0.39 is 11.8 Å². The highest BCUT2D eigenvalue weighted by Gasteiger charge is 2.15. The van der Waals surface area contributed by atoms with Gasteiger partial charge in [-0.25, -0.2) is 0 Å². The summed E-state index contributed by atoms with van der Waals surface area (Å²) in [6, 6.07) is 5.18. The van der Waals surface area contributed by atoms with Gasteiger partial charge in [-0.15, -0.1) is 0 Å². The molecule has 0 aliphatic heterocycles. The second-order valence-corrected chi connectivity index (χ2v) is 5.24. The highest BCUT2D eigenvalue weighted by atomic mass is 35.5. The molecule has 6 heteroatoms. The molecule has 21 heavy (non-hydrogen) atoms. The van der Waals surface area contributed by atoms with Crippen molar-refractivity contribution in [1.29, 1.82) is 0 Å². The van der Waals surface area contributed by atoms with Gasteiger partial charge in [0, 0.05) is 10.7 Å². The summed E-state index contributed by atoms with van der Waals surface area (Å²) in [5.74, 6) is -1.30. The number of hydrogen-bond donors (Lipinski definition) is 3. The predicted molar refractivity (Wildman–Crippen MR) is 84.7 cm³/mol. The van der Waals surface area contributed by atoms with Crippen molar-refractivity contribution in [2.24, 2.45) is 0 Å². The molecule has 0 saturated carbocycles. The van der Waals surface area contributed by atoms with Crippen LogP contribution < -0.4 is 15.5 Å². The lowest BCUT2D eigenvalue weighted by molar-refractivity contribution is -0.895. The average Bonchev–Trinajstić information content (AvgIpc) is 2.48. The van der Waals surface area contributed by atoms with Gasteiger partial charge < -0.3 is 15.5 Å². The molecule has 0 radical (unpaired) electrons. The largest absolute Gasteiger partial charge is 0.342 e. The Kier molecular flexibility index (Phi) is 7.19. The maximum absolute atomic E-state index is 11.8. The van der Waals surface area contributed by atoms with Crippen molar-refractivity contribution in [2.45, 2.75) is 20.8 Å². The SMILES string of the molecule is CC[NH+](CC)CCNC(=O)C(=O)Nc1cccc(Cl)c1C. The number of carbonyl (C=O) groups excluding carboxylic acids is 2. The van der Waals surface area contributed by atoms with Gasteiger partial charge in [-0.2, -0.15) is 0 Å². The molecule has 0 aliphatic rings. The van der Waals surface area contributed by atoms with Crippen LogP contribution in [-0.2, 0) is 9.59 Å². The molecule has 2 amide bonds. The van der Waals surface area contributed by atoms with Crippen LogP contribution in [0.2, 0.25) is 5.02 Å². The predicted octanol–water partition coefficient (Wildman–Crippen LogP) is 0.628. The van der Waals surface area contributed by atoms with Crippen molar-refractivity contribution in [1.82, 2.24) is 5.32 Å². The minimum atomic E-state index is -0.671.